The summed E-state index contributed by atoms with van der Waals surface area (Å²) in [5.74, 6) is -1.90. The quantitative estimate of drug-likeness (QED) is 0.538. The Labute approximate surface area is 48.4 Å². The van der Waals surface area contributed by atoms with Gasteiger partial charge in [-0.25, -0.2) is 4.39 Å². The van der Waals surface area contributed by atoms with Crippen LogP contribution in [0.3, 0.4) is 0 Å². The summed E-state index contributed by atoms with van der Waals surface area (Å²) in [6.45, 7) is -1.73. The first-order valence-electron chi connectivity index (χ1n) is 1.64. The van der Waals surface area contributed by atoms with Crippen LogP contribution in [0.1, 0.15) is 0 Å². The van der Waals surface area contributed by atoms with Crippen molar-refractivity contribution in [2.75, 3.05) is 6.67 Å². The van der Waals surface area contributed by atoms with E-state index in [-0.39, 0.29) is 0 Å². The number of alkyl halides is 4. The van der Waals surface area contributed by atoms with Gasteiger partial charge in [-0.15, -0.1) is 0 Å². The largest absolute Gasteiger partial charge is 0.383 e. The summed E-state index contributed by atoms with van der Waals surface area (Å²) in [6.07, 6.45) is 0. The van der Waals surface area contributed by atoms with Crippen molar-refractivity contribution in [3.8, 4) is 0 Å². The SMILES string of the molecule is O=C(CF)C(F)(F)Cl. The minimum atomic E-state index is -4.03. The normalized spacial score (nSPS) is 11.5. The summed E-state index contributed by atoms with van der Waals surface area (Å²) in [6, 6.07) is 0. The average molecular weight is 146 g/mol. The van der Waals surface area contributed by atoms with Crippen LogP contribution in [0.25, 0.3) is 0 Å². The fraction of sp³-hybridized carbons (Fsp3) is 0.667. The molecule has 0 radical (unpaired) electrons. The van der Waals surface area contributed by atoms with Gasteiger partial charge in [0.2, 0.25) is 5.78 Å². The lowest BCUT2D eigenvalue weighted by Crippen LogP contribution is -2.22. The van der Waals surface area contributed by atoms with Crippen molar-refractivity contribution < 1.29 is 18.0 Å². The predicted molar refractivity (Wildman–Crippen MR) is 21.8 cm³/mol. The minimum absolute atomic E-state index is 1.73. The summed E-state index contributed by atoms with van der Waals surface area (Å²) in [5.41, 5.74) is 0. The van der Waals surface area contributed by atoms with Crippen molar-refractivity contribution in [2.45, 2.75) is 5.38 Å². The van der Waals surface area contributed by atoms with Gasteiger partial charge in [0, 0.05) is 0 Å². The Morgan fingerprint density at radius 1 is 1.62 bits per heavy atom. The van der Waals surface area contributed by atoms with Gasteiger partial charge in [-0.3, -0.25) is 4.79 Å². The highest BCUT2D eigenvalue weighted by molar-refractivity contribution is 6.32. The van der Waals surface area contributed by atoms with Gasteiger partial charge in [0.15, 0.2) is 6.67 Å². The fourth-order valence-electron chi connectivity index (χ4n) is 0.0758. The minimum Gasteiger partial charge on any atom is -0.288 e. The van der Waals surface area contributed by atoms with E-state index in [0.29, 0.717) is 0 Å². The molecule has 0 unspecified atom stereocenters. The first kappa shape index (κ1) is 7.75. The van der Waals surface area contributed by atoms with Crippen LogP contribution in [-0.2, 0) is 4.79 Å². The van der Waals surface area contributed by atoms with Crippen LogP contribution < -0.4 is 0 Å². The van der Waals surface area contributed by atoms with Crippen LogP contribution in [0.2, 0.25) is 0 Å². The van der Waals surface area contributed by atoms with Crippen molar-refractivity contribution >= 4 is 17.4 Å². The lowest BCUT2D eigenvalue weighted by atomic mass is 10.5. The van der Waals surface area contributed by atoms with E-state index in [4.69, 9.17) is 0 Å². The summed E-state index contributed by atoms with van der Waals surface area (Å²) in [5, 5.41) is -4.03. The molecule has 0 spiro atoms. The summed E-state index contributed by atoms with van der Waals surface area (Å²) in [4.78, 5) is 9.58. The molecule has 0 aromatic carbocycles. The van der Waals surface area contributed by atoms with Gasteiger partial charge in [0.25, 0.3) is 0 Å². The second kappa shape index (κ2) is 2.35. The predicted octanol–water partition coefficient (Wildman–Crippen LogP) is 1.36. The molecule has 0 N–H and O–H groups in total. The van der Waals surface area contributed by atoms with Gasteiger partial charge < -0.3 is 0 Å². The fourth-order valence-corrected chi connectivity index (χ4v) is 0.126. The van der Waals surface area contributed by atoms with E-state index in [9.17, 15) is 18.0 Å². The zero-order chi connectivity index (χ0) is 6.78. The van der Waals surface area contributed by atoms with Crippen LogP contribution in [0.5, 0.6) is 0 Å². The molecule has 5 heteroatoms. The van der Waals surface area contributed by atoms with Gasteiger partial charge in [-0.1, -0.05) is 0 Å². The Kier molecular flexibility index (Phi) is 2.27. The Morgan fingerprint density at radius 2 is 2.00 bits per heavy atom. The lowest BCUT2D eigenvalue weighted by molar-refractivity contribution is -0.134. The van der Waals surface area contributed by atoms with Crippen LogP contribution in [-0.4, -0.2) is 17.8 Å². The van der Waals surface area contributed by atoms with E-state index in [1.54, 1.807) is 0 Å². The second-order valence-corrected chi connectivity index (χ2v) is 1.53. The van der Waals surface area contributed by atoms with Crippen molar-refractivity contribution in [1.29, 1.82) is 0 Å². The van der Waals surface area contributed by atoms with Crippen molar-refractivity contribution in [3.05, 3.63) is 0 Å². The van der Waals surface area contributed by atoms with E-state index in [0.717, 1.165) is 0 Å². The third-order valence-electron chi connectivity index (χ3n) is 0.438. The number of Topliss-reactive ketones (excluding diaryl/α,β-unsaturated/α-hetero) is 1. The Bertz CT molecular complexity index is 97.2. The summed E-state index contributed by atoms with van der Waals surface area (Å²) < 4.78 is 33.6. The molecule has 0 bridgehead atoms. The highest BCUT2D eigenvalue weighted by Gasteiger charge is 2.34. The number of hydrogen-bond acceptors (Lipinski definition) is 1. The molecule has 0 amide bonds. The van der Waals surface area contributed by atoms with E-state index < -0.39 is 17.8 Å². The summed E-state index contributed by atoms with van der Waals surface area (Å²) >= 11 is 4.06. The highest BCUT2D eigenvalue weighted by atomic mass is 35.5. The molecule has 1 nitrogen and oxygen atoms in total. The van der Waals surface area contributed by atoms with E-state index in [2.05, 4.69) is 11.6 Å². The molecule has 0 rings (SSSR count). The van der Waals surface area contributed by atoms with Gasteiger partial charge in [0.05, 0.1) is 0 Å². The molecule has 0 heterocycles. The number of halogens is 4. The zero-order valence-corrected chi connectivity index (χ0v) is 4.38. The first-order valence-corrected chi connectivity index (χ1v) is 2.02. The van der Waals surface area contributed by atoms with Gasteiger partial charge >= 0.3 is 5.38 Å². The Hall–Kier alpha value is -0.250. The molecule has 0 aromatic heterocycles. The molecule has 0 aliphatic carbocycles. The van der Waals surface area contributed by atoms with Crippen LogP contribution in [0, 0.1) is 0 Å². The van der Waals surface area contributed by atoms with Crippen molar-refractivity contribution in [3.63, 3.8) is 0 Å². The number of hydrogen-bond donors (Lipinski definition) is 0. The first-order chi connectivity index (χ1) is 3.48. The molecule has 8 heavy (non-hydrogen) atoms. The van der Waals surface area contributed by atoms with E-state index in [1.165, 1.54) is 0 Å². The molecule has 0 saturated carbocycles. The number of carbonyl (C=O) groups excluding carboxylic acids is 1. The highest BCUT2D eigenvalue weighted by Crippen LogP contribution is 2.19. The molecule has 0 saturated heterocycles. The Balaban J connectivity index is 3.82. The molecule has 48 valence electrons. The number of ketones is 1. The lowest BCUT2D eigenvalue weighted by Gasteiger charge is -1.99. The second-order valence-electron chi connectivity index (χ2n) is 1.05. The number of carbonyl (C=O) groups is 1. The molecule has 0 aliphatic heterocycles. The van der Waals surface area contributed by atoms with Crippen LogP contribution in [0.4, 0.5) is 13.2 Å². The summed E-state index contributed by atoms with van der Waals surface area (Å²) in [7, 11) is 0. The third kappa shape index (κ3) is 2.16. The monoisotopic (exact) mass is 146 g/mol. The van der Waals surface area contributed by atoms with E-state index >= 15 is 0 Å². The van der Waals surface area contributed by atoms with Gasteiger partial charge in [0.1, 0.15) is 0 Å². The molecule has 0 aliphatic rings. The maximum atomic E-state index is 11.3. The molecular formula is C3H2ClF3O. The maximum Gasteiger partial charge on any atom is 0.383 e. The van der Waals surface area contributed by atoms with E-state index in [1.807, 2.05) is 0 Å². The molecular weight excluding hydrogens is 144 g/mol. The van der Waals surface area contributed by atoms with Gasteiger partial charge in [-0.2, -0.15) is 8.78 Å². The topological polar surface area (TPSA) is 17.1 Å². The van der Waals surface area contributed by atoms with Crippen LogP contribution in [0.15, 0.2) is 0 Å². The van der Waals surface area contributed by atoms with Crippen molar-refractivity contribution in [1.82, 2.24) is 0 Å². The van der Waals surface area contributed by atoms with Gasteiger partial charge in [-0.05, 0) is 11.6 Å². The third-order valence-corrected chi connectivity index (χ3v) is 0.648. The maximum absolute atomic E-state index is 11.3. The smallest absolute Gasteiger partial charge is 0.288 e. The van der Waals surface area contributed by atoms with Crippen molar-refractivity contribution in [2.24, 2.45) is 0 Å². The molecule has 0 atom stereocenters. The average Bonchev–Trinajstić information content (AvgIpc) is 1.62. The van der Waals surface area contributed by atoms with Crippen LogP contribution >= 0.6 is 11.6 Å². The molecule has 0 aromatic rings. The standard InChI is InChI=1S/C3H2ClF3O/c4-3(6,7)2(8)1-5/h1H2. The Morgan fingerprint density at radius 3 is 2.00 bits per heavy atom. The number of rotatable bonds is 2. The molecule has 0 fully saturated rings. The zero-order valence-electron chi connectivity index (χ0n) is 3.63.